The van der Waals surface area contributed by atoms with Gasteiger partial charge in [-0.25, -0.2) is 4.79 Å². The zero-order valence-electron chi connectivity index (χ0n) is 17.7. The van der Waals surface area contributed by atoms with Crippen LogP contribution in [0.1, 0.15) is 17.5 Å². The summed E-state index contributed by atoms with van der Waals surface area (Å²) < 4.78 is 0. The van der Waals surface area contributed by atoms with Gasteiger partial charge in [-0.3, -0.25) is 19.9 Å². The van der Waals surface area contributed by atoms with Crippen LogP contribution < -0.4 is 10.2 Å². The van der Waals surface area contributed by atoms with Crippen molar-refractivity contribution in [3.8, 4) is 0 Å². The van der Waals surface area contributed by atoms with Crippen LogP contribution in [0.25, 0.3) is 0 Å². The molecule has 8 heteroatoms. The van der Waals surface area contributed by atoms with E-state index in [9.17, 15) is 9.59 Å². The molecule has 3 aliphatic rings. The van der Waals surface area contributed by atoms with Crippen LogP contribution in [0.2, 0.25) is 5.02 Å². The molecular formula is C23H26ClN5O2. The third kappa shape index (κ3) is 3.46. The summed E-state index contributed by atoms with van der Waals surface area (Å²) in [4.78, 5) is 34.1. The number of fused-ring (bicyclic) bond motifs is 3. The molecule has 0 bridgehead atoms. The van der Waals surface area contributed by atoms with Crippen LogP contribution in [0.4, 0.5) is 10.5 Å². The number of anilines is 1. The Bertz CT molecular complexity index is 1010. The maximum Gasteiger partial charge on any atom is 0.328 e. The second-order valence-corrected chi connectivity index (χ2v) is 8.93. The quantitative estimate of drug-likeness (QED) is 0.797. The Labute approximate surface area is 187 Å². The van der Waals surface area contributed by atoms with Gasteiger partial charge in [0.1, 0.15) is 18.5 Å². The Kier molecular flexibility index (Phi) is 5.12. The first-order valence-corrected chi connectivity index (χ1v) is 11.0. The highest BCUT2D eigenvalue weighted by molar-refractivity contribution is 6.30. The molecule has 3 heterocycles. The number of rotatable bonds is 3. The van der Waals surface area contributed by atoms with Gasteiger partial charge in [0.05, 0.1) is 6.54 Å². The lowest BCUT2D eigenvalue weighted by Gasteiger charge is -2.44. The van der Waals surface area contributed by atoms with Gasteiger partial charge in [0.25, 0.3) is 5.91 Å². The van der Waals surface area contributed by atoms with Crippen LogP contribution in [0.3, 0.4) is 0 Å². The van der Waals surface area contributed by atoms with Crippen LogP contribution in [-0.4, -0.2) is 65.3 Å². The normalized spacial score (nSPS) is 26.3. The van der Waals surface area contributed by atoms with Crippen molar-refractivity contribution in [1.82, 2.24) is 20.0 Å². The first-order valence-electron chi connectivity index (χ1n) is 10.6. The Balaban J connectivity index is 1.43. The first kappa shape index (κ1) is 20.3. The highest BCUT2D eigenvalue weighted by Gasteiger charge is 2.56. The fourth-order valence-corrected chi connectivity index (χ4v) is 5.03. The smallest absolute Gasteiger partial charge is 0.328 e. The van der Waals surface area contributed by atoms with Gasteiger partial charge in [-0.15, -0.1) is 0 Å². The minimum absolute atomic E-state index is 0.125. The third-order valence-electron chi connectivity index (χ3n) is 6.46. The van der Waals surface area contributed by atoms with E-state index >= 15 is 0 Å². The van der Waals surface area contributed by atoms with Crippen molar-refractivity contribution in [1.29, 1.82) is 0 Å². The lowest BCUT2D eigenvalue weighted by atomic mass is 10.1. The molecule has 3 amide bonds. The highest BCUT2D eigenvalue weighted by atomic mass is 35.5. The summed E-state index contributed by atoms with van der Waals surface area (Å²) in [5.74, 6) is -0.149. The average Bonchev–Trinajstić information content (AvgIpc) is 3.16. The summed E-state index contributed by atoms with van der Waals surface area (Å²) in [6.45, 7) is 4.03. The van der Waals surface area contributed by atoms with Gasteiger partial charge >= 0.3 is 6.03 Å². The highest BCUT2D eigenvalue weighted by Crippen LogP contribution is 2.33. The number of urea groups is 1. The van der Waals surface area contributed by atoms with Crippen molar-refractivity contribution in [3.05, 3.63) is 64.7 Å². The fourth-order valence-electron chi connectivity index (χ4n) is 4.91. The SMILES string of the molecule is Cc1cccc(N2CCCN3C4C(=O)N(Cc5ccc(Cl)cc5)C(=O)N(C)C4NC23)c1. The number of amides is 3. The molecule has 7 nitrogen and oxygen atoms in total. The second kappa shape index (κ2) is 7.82. The van der Waals surface area contributed by atoms with Gasteiger partial charge in [-0.05, 0) is 48.7 Å². The number of hydrogen-bond acceptors (Lipinski definition) is 5. The van der Waals surface area contributed by atoms with Crippen molar-refractivity contribution in [2.45, 2.75) is 38.4 Å². The molecule has 0 aliphatic carbocycles. The minimum atomic E-state index is -0.410. The molecule has 31 heavy (non-hydrogen) atoms. The number of carbonyl (C=O) groups is 2. The molecule has 3 unspecified atom stereocenters. The Hall–Kier alpha value is -2.61. The maximum absolute atomic E-state index is 13.5. The first-order chi connectivity index (χ1) is 14.9. The van der Waals surface area contributed by atoms with Crippen molar-refractivity contribution in [3.63, 3.8) is 0 Å². The van der Waals surface area contributed by atoms with E-state index in [-0.39, 0.29) is 30.9 Å². The molecule has 0 saturated carbocycles. The molecule has 0 spiro atoms. The number of nitrogens with one attached hydrogen (secondary N) is 1. The van der Waals surface area contributed by atoms with Crippen LogP contribution in [0.15, 0.2) is 48.5 Å². The predicted octanol–water partition coefficient (Wildman–Crippen LogP) is 2.84. The molecule has 0 aromatic heterocycles. The number of carbonyl (C=O) groups excluding carboxylic acids is 2. The van der Waals surface area contributed by atoms with Crippen LogP contribution in [0, 0.1) is 6.92 Å². The van der Waals surface area contributed by atoms with Crippen LogP contribution in [-0.2, 0) is 11.3 Å². The van der Waals surface area contributed by atoms with E-state index in [2.05, 4.69) is 46.3 Å². The Morgan fingerprint density at radius 2 is 1.87 bits per heavy atom. The third-order valence-corrected chi connectivity index (χ3v) is 6.71. The van der Waals surface area contributed by atoms with Gasteiger partial charge in [-0.2, -0.15) is 0 Å². The van der Waals surface area contributed by atoms with E-state index < -0.39 is 6.04 Å². The van der Waals surface area contributed by atoms with E-state index in [0.717, 1.165) is 30.8 Å². The number of halogens is 1. The summed E-state index contributed by atoms with van der Waals surface area (Å²) in [6, 6.07) is 15.0. The van der Waals surface area contributed by atoms with Crippen molar-refractivity contribution < 1.29 is 9.59 Å². The van der Waals surface area contributed by atoms with Crippen molar-refractivity contribution in [2.75, 3.05) is 25.0 Å². The molecule has 3 fully saturated rings. The number of nitrogens with zero attached hydrogens (tertiary/aromatic N) is 4. The van der Waals surface area contributed by atoms with E-state index in [1.54, 1.807) is 24.1 Å². The lowest BCUT2D eigenvalue weighted by Crippen LogP contribution is -2.66. The van der Waals surface area contributed by atoms with E-state index in [4.69, 9.17) is 11.6 Å². The molecule has 1 N–H and O–H groups in total. The molecular weight excluding hydrogens is 414 g/mol. The maximum atomic E-state index is 13.5. The summed E-state index contributed by atoms with van der Waals surface area (Å²) >= 11 is 5.98. The molecule has 3 aliphatic heterocycles. The minimum Gasteiger partial charge on any atom is -0.343 e. The molecule has 0 radical (unpaired) electrons. The lowest BCUT2D eigenvalue weighted by molar-refractivity contribution is -0.139. The topological polar surface area (TPSA) is 59.1 Å². The monoisotopic (exact) mass is 439 g/mol. The summed E-state index contributed by atoms with van der Waals surface area (Å²) in [5, 5.41) is 4.19. The molecule has 2 aromatic carbocycles. The molecule has 3 atom stereocenters. The zero-order chi connectivity index (χ0) is 21.7. The predicted molar refractivity (Wildman–Crippen MR) is 120 cm³/mol. The van der Waals surface area contributed by atoms with Crippen LogP contribution >= 0.6 is 11.6 Å². The second-order valence-electron chi connectivity index (χ2n) is 8.50. The number of likely N-dealkylation sites (N-methyl/N-ethyl adjacent to an activating group) is 1. The Morgan fingerprint density at radius 1 is 1.10 bits per heavy atom. The summed E-state index contributed by atoms with van der Waals surface area (Å²) in [5.41, 5.74) is 3.20. The van der Waals surface area contributed by atoms with Gasteiger partial charge in [0, 0.05) is 30.8 Å². The molecule has 2 aromatic rings. The van der Waals surface area contributed by atoms with E-state index in [1.807, 2.05) is 12.1 Å². The standard InChI is InChI=1S/C23H26ClN5O2/c1-15-5-3-6-18(13-15)27-11-4-12-28-19-20(25-22(27)28)26(2)23(31)29(21(19)30)14-16-7-9-17(24)10-8-16/h3,5-10,13,19-20,22,25H,4,11-12,14H2,1-2H3. The van der Waals surface area contributed by atoms with Gasteiger partial charge in [-0.1, -0.05) is 35.9 Å². The van der Waals surface area contributed by atoms with Crippen molar-refractivity contribution in [2.24, 2.45) is 0 Å². The van der Waals surface area contributed by atoms with E-state index in [1.165, 1.54) is 10.5 Å². The van der Waals surface area contributed by atoms with E-state index in [0.29, 0.717) is 5.02 Å². The number of aryl methyl sites for hydroxylation is 1. The fraction of sp³-hybridized carbons (Fsp3) is 0.391. The largest absolute Gasteiger partial charge is 0.343 e. The number of imide groups is 1. The molecule has 3 saturated heterocycles. The number of hydrogen-bond donors (Lipinski definition) is 1. The summed E-state index contributed by atoms with van der Waals surface area (Å²) in [7, 11) is 1.77. The zero-order valence-corrected chi connectivity index (χ0v) is 18.4. The van der Waals surface area contributed by atoms with Gasteiger partial charge in [0.15, 0.2) is 0 Å². The van der Waals surface area contributed by atoms with Gasteiger partial charge in [0.2, 0.25) is 0 Å². The summed E-state index contributed by atoms with van der Waals surface area (Å²) in [6.07, 6.45) is 0.481. The van der Waals surface area contributed by atoms with Gasteiger partial charge < -0.3 is 9.80 Å². The number of benzene rings is 2. The molecule has 162 valence electrons. The Morgan fingerprint density at radius 3 is 2.61 bits per heavy atom. The average molecular weight is 440 g/mol. The van der Waals surface area contributed by atoms with Crippen molar-refractivity contribution >= 4 is 29.2 Å². The van der Waals surface area contributed by atoms with Crippen LogP contribution in [0.5, 0.6) is 0 Å². The molecule has 5 rings (SSSR count).